The minimum absolute atomic E-state index is 0.499. The second-order valence-corrected chi connectivity index (χ2v) is 4.34. The van der Waals surface area contributed by atoms with Crippen LogP contribution in [0, 0.1) is 20.2 Å². The van der Waals surface area contributed by atoms with Gasteiger partial charge in [0.15, 0.2) is 0 Å². The fourth-order valence-electron chi connectivity index (χ4n) is 0.994. The van der Waals surface area contributed by atoms with Crippen molar-refractivity contribution in [2.75, 3.05) is 0 Å². The van der Waals surface area contributed by atoms with Crippen LogP contribution < -0.4 is 5.30 Å². The SMILES string of the molecule is O=[N+]([O-])c1ccc(P(=O)(O)O)cc1[N+](=O)[O-]. The molecular formula is C6H5N2O7P. The summed E-state index contributed by atoms with van der Waals surface area (Å²) >= 11 is 0. The van der Waals surface area contributed by atoms with Crippen molar-refractivity contribution >= 4 is 24.3 Å². The smallest absolute Gasteiger partial charge is 0.321 e. The Kier molecular flexibility index (Phi) is 3.04. The van der Waals surface area contributed by atoms with Gasteiger partial charge in [-0.3, -0.25) is 24.8 Å². The molecular weight excluding hydrogens is 243 g/mol. The molecule has 1 aromatic carbocycles. The van der Waals surface area contributed by atoms with E-state index in [2.05, 4.69) is 0 Å². The van der Waals surface area contributed by atoms with Gasteiger partial charge in [-0.05, 0) is 6.07 Å². The Morgan fingerprint density at radius 3 is 1.94 bits per heavy atom. The lowest BCUT2D eigenvalue weighted by molar-refractivity contribution is -0.422. The first kappa shape index (κ1) is 12.2. The first-order valence-corrected chi connectivity index (χ1v) is 5.33. The molecule has 0 amide bonds. The third-order valence-corrected chi connectivity index (χ3v) is 2.64. The summed E-state index contributed by atoms with van der Waals surface area (Å²) in [6.07, 6.45) is 0. The number of hydrogen-bond donors (Lipinski definition) is 2. The fourth-order valence-corrected chi connectivity index (χ4v) is 1.55. The van der Waals surface area contributed by atoms with Crippen molar-refractivity contribution in [3.05, 3.63) is 38.4 Å². The van der Waals surface area contributed by atoms with Crippen LogP contribution in [0.5, 0.6) is 0 Å². The molecule has 86 valence electrons. The van der Waals surface area contributed by atoms with Crippen molar-refractivity contribution < 1.29 is 24.2 Å². The second kappa shape index (κ2) is 3.97. The van der Waals surface area contributed by atoms with Gasteiger partial charge < -0.3 is 9.79 Å². The maximum atomic E-state index is 10.8. The van der Waals surface area contributed by atoms with Gasteiger partial charge >= 0.3 is 19.0 Å². The van der Waals surface area contributed by atoms with Crippen LogP contribution in [-0.4, -0.2) is 19.6 Å². The van der Waals surface area contributed by atoms with Gasteiger partial charge in [0, 0.05) is 12.1 Å². The van der Waals surface area contributed by atoms with E-state index in [9.17, 15) is 24.8 Å². The number of nitro benzene ring substituents is 2. The lowest BCUT2D eigenvalue weighted by Crippen LogP contribution is -2.07. The van der Waals surface area contributed by atoms with E-state index in [1.165, 1.54) is 0 Å². The van der Waals surface area contributed by atoms with Gasteiger partial charge in [0.05, 0.1) is 15.2 Å². The Hall–Kier alpha value is -1.83. The third-order valence-electron chi connectivity index (χ3n) is 1.69. The van der Waals surface area contributed by atoms with Crippen molar-refractivity contribution in [1.82, 2.24) is 0 Å². The first-order chi connectivity index (χ1) is 7.23. The Morgan fingerprint density at radius 2 is 1.56 bits per heavy atom. The molecule has 0 unspecified atom stereocenters. The number of hydrogen-bond acceptors (Lipinski definition) is 5. The quantitative estimate of drug-likeness (QED) is 0.444. The molecule has 16 heavy (non-hydrogen) atoms. The first-order valence-electron chi connectivity index (χ1n) is 3.72. The highest BCUT2D eigenvalue weighted by Gasteiger charge is 2.28. The van der Waals surface area contributed by atoms with Gasteiger partial charge in [0.25, 0.3) is 0 Å². The molecule has 0 aromatic heterocycles. The van der Waals surface area contributed by atoms with Gasteiger partial charge in [-0.25, -0.2) is 0 Å². The molecule has 0 radical (unpaired) electrons. The Balaban J connectivity index is 3.46. The maximum absolute atomic E-state index is 10.8. The van der Waals surface area contributed by atoms with Crippen molar-refractivity contribution in [3.63, 3.8) is 0 Å². The van der Waals surface area contributed by atoms with Gasteiger partial charge in [-0.15, -0.1) is 0 Å². The average Bonchev–Trinajstić information content (AvgIpc) is 2.15. The summed E-state index contributed by atoms with van der Waals surface area (Å²) in [4.78, 5) is 36.3. The topological polar surface area (TPSA) is 144 Å². The zero-order valence-electron chi connectivity index (χ0n) is 7.51. The molecule has 0 heterocycles. The van der Waals surface area contributed by atoms with Crippen LogP contribution in [0.1, 0.15) is 0 Å². The van der Waals surface area contributed by atoms with Gasteiger partial charge in [-0.2, -0.15) is 0 Å². The van der Waals surface area contributed by atoms with E-state index >= 15 is 0 Å². The molecule has 0 saturated heterocycles. The van der Waals surface area contributed by atoms with Crippen LogP contribution in [0.3, 0.4) is 0 Å². The van der Waals surface area contributed by atoms with Crippen LogP contribution in [0.4, 0.5) is 11.4 Å². The zero-order valence-corrected chi connectivity index (χ0v) is 8.40. The summed E-state index contributed by atoms with van der Waals surface area (Å²) in [7, 11) is -4.66. The second-order valence-electron chi connectivity index (χ2n) is 2.73. The van der Waals surface area contributed by atoms with E-state index in [4.69, 9.17) is 9.79 Å². The molecule has 0 atom stereocenters. The minimum Gasteiger partial charge on any atom is -0.321 e. The molecule has 0 fully saturated rings. The van der Waals surface area contributed by atoms with E-state index in [0.717, 1.165) is 6.07 Å². The van der Waals surface area contributed by atoms with E-state index in [0.29, 0.717) is 12.1 Å². The van der Waals surface area contributed by atoms with Crippen molar-refractivity contribution in [3.8, 4) is 0 Å². The lowest BCUT2D eigenvalue weighted by Gasteiger charge is -2.02. The van der Waals surface area contributed by atoms with Crippen molar-refractivity contribution in [2.45, 2.75) is 0 Å². The summed E-state index contributed by atoms with van der Waals surface area (Å²) < 4.78 is 10.8. The number of nitrogens with zero attached hydrogens (tertiary/aromatic N) is 2. The highest BCUT2D eigenvalue weighted by Crippen LogP contribution is 2.36. The molecule has 9 nitrogen and oxygen atoms in total. The molecule has 10 heteroatoms. The normalized spacial score (nSPS) is 11.1. The molecule has 0 spiro atoms. The van der Waals surface area contributed by atoms with Crippen LogP contribution in [0.25, 0.3) is 0 Å². The third kappa shape index (κ3) is 2.40. The molecule has 0 bridgehead atoms. The number of benzene rings is 1. The molecule has 0 aliphatic rings. The Bertz CT molecular complexity index is 508. The lowest BCUT2D eigenvalue weighted by atomic mass is 10.3. The predicted molar refractivity (Wildman–Crippen MR) is 51.4 cm³/mol. The minimum atomic E-state index is -4.66. The van der Waals surface area contributed by atoms with E-state index in [1.807, 2.05) is 0 Å². The largest absolute Gasteiger partial charge is 0.356 e. The standard InChI is InChI=1S/C6H5N2O7P/c9-7(10)5-2-1-4(16(13,14)15)3-6(5)8(11)12/h1-3H,(H2,13,14,15). The van der Waals surface area contributed by atoms with E-state index < -0.39 is 34.1 Å². The van der Waals surface area contributed by atoms with Crippen molar-refractivity contribution in [1.29, 1.82) is 0 Å². The average molecular weight is 248 g/mol. The van der Waals surface area contributed by atoms with E-state index in [-0.39, 0.29) is 0 Å². The number of nitro groups is 2. The van der Waals surface area contributed by atoms with Crippen LogP contribution in [-0.2, 0) is 4.57 Å². The zero-order chi connectivity index (χ0) is 12.5. The summed E-state index contributed by atoms with van der Waals surface area (Å²) in [5.74, 6) is 0. The van der Waals surface area contributed by atoms with E-state index in [1.54, 1.807) is 0 Å². The summed E-state index contributed by atoms with van der Waals surface area (Å²) in [6.45, 7) is 0. The predicted octanol–water partition coefficient (Wildman–Crippen LogP) is 0.306. The van der Waals surface area contributed by atoms with Gasteiger partial charge in [-0.1, -0.05) is 0 Å². The molecule has 1 aromatic rings. The fraction of sp³-hybridized carbons (Fsp3) is 0. The van der Waals surface area contributed by atoms with Gasteiger partial charge in [0.2, 0.25) is 0 Å². The van der Waals surface area contributed by atoms with Crippen molar-refractivity contribution in [2.24, 2.45) is 0 Å². The molecule has 0 aliphatic carbocycles. The van der Waals surface area contributed by atoms with Crippen LogP contribution in [0.2, 0.25) is 0 Å². The van der Waals surface area contributed by atoms with Crippen LogP contribution >= 0.6 is 7.60 Å². The summed E-state index contributed by atoms with van der Waals surface area (Å²) in [5.41, 5.74) is -1.77. The summed E-state index contributed by atoms with van der Waals surface area (Å²) in [5, 5.41) is 20.2. The summed E-state index contributed by atoms with van der Waals surface area (Å²) in [6, 6.07) is 1.97. The van der Waals surface area contributed by atoms with Crippen LogP contribution in [0.15, 0.2) is 18.2 Å². The monoisotopic (exact) mass is 248 g/mol. The molecule has 0 aliphatic heterocycles. The molecule has 2 N–H and O–H groups in total. The number of rotatable bonds is 3. The Labute approximate surface area is 87.8 Å². The molecule has 1 rings (SSSR count). The maximum Gasteiger partial charge on any atom is 0.356 e. The highest BCUT2D eigenvalue weighted by atomic mass is 31.2. The molecule has 0 saturated carbocycles. The van der Waals surface area contributed by atoms with Gasteiger partial charge in [0.1, 0.15) is 0 Å². The highest BCUT2D eigenvalue weighted by molar-refractivity contribution is 7.60. The Morgan fingerprint density at radius 1 is 1.06 bits per heavy atom.